The number of nitrogens with two attached hydrogens (primary N) is 1. The van der Waals surface area contributed by atoms with Gasteiger partial charge in [0.2, 0.25) is 5.91 Å². The number of phenols is 1. The SMILES string of the molecule is CCc1ccc2c(c1O)C(=O)C1C(=O)C3(O)C(=N)C(C(N)=O)C(=O)C(N(C)C)C3C(O)C1C2C. The van der Waals surface area contributed by atoms with E-state index >= 15 is 0 Å². The van der Waals surface area contributed by atoms with Crippen LogP contribution < -0.4 is 5.73 Å². The fraction of sp³-hybridized carbons (Fsp3) is 0.542. The quantitative estimate of drug-likeness (QED) is 0.363. The highest BCUT2D eigenvalue weighted by atomic mass is 16.3. The second kappa shape index (κ2) is 7.79. The van der Waals surface area contributed by atoms with Gasteiger partial charge < -0.3 is 26.5 Å². The number of hydrogen-bond donors (Lipinski definition) is 5. The lowest BCUT2D eigenvalue weighted by atomic mass is 9.49. The monoisotopic (exact) mass is 471 g/mol. The predicted molar refractivity (Wildman–Crippen MR) is 120 cm³/mol. The van der Waals surface area contributed by atoms with Gasteiger partial charge in [-0.15, -0.1) is 0 Å². The number of aliphatic hydroxyl groups is 2. The zero-order valence-corrected chi connectivity index (χ0v) is 19.4. The molecule has 182 valence electrons. The summed E-state index contributed by atoms with van der Waals surface area (Å²) >= 11 is 0. The summed E-state index contributed by atoms with van der Waals surface area (Å²) in [7, 11) is 2.99. The third-order valence-corrected chi connectivity index (χ3v) is 8.02. The molecule has 2 saturated carbocycles. The van der Waals surface area contributed by atoms with Crippen LogP contribution >= 0.6 is 0 Å². The summed E-state index contributed by atoms with van der Waals surface area (Å²) in [5.74, 6) is -10.6. The van der Waals surface area contributed by atoms with Gasteiger partial charge in [-0.2, -0.15) is 0 Å². The van der Waals surface area contributed by atoms with Crippen molar-refractivity contribution >= 4 is 29.0 Å². The van der Waals surface area contributed by atoms with Crippen LogP contribution in [0.3, 0.4) is 0 Å². The molecule has 1 aromatic carbocycles. The minimum absolute atomic E-state index is 0.0373. The van der Waals surface area contributed by atoms with Gasteiger partial charge in [-0.1, -0.05) is 26.0 Å². The summed E-state index contributed by atoms with van der Waals surface area (Å²) < 4.78 is 0. The Balaban J connectivity index is 1.96. The summed E-state index contributed by atoms with van der Waals surface area (Å²) in [6, 6.07) is 2.08. The summed E-state index contributed by atoms with van der Waals surface area (Å²) in [4.78, 5) is 54.1. The molecule has 0 aromatic heterocycles. The first-order valence-corrected chi connectivity index (χ1v) is 11.2. The first-order chi connectivity index (χ1) is 15.8. The van der Waals surface area contributed by atoms with Crippen LogP contribution in [0.25, 0.3) is 0 Å². The largest absolute Gasteiger partial charge is 0.507 e. The Hall–Kier alpha value is -2.95. The molecule has 8 atom stereocenters. The van der Waals surface area contributed by atoms with Gasteiger partial charge in [0, 0.05) is 11.8 Å². The predicted octanol–water partition coefficient (Wildman–Crippen LogP) is -0.588. The van der Waals surface area contributed by atoms with Crippen LogP contribution in [0.2, 0.25) is 0 Å². The Labute approximate surface area is 196 Å². The van der Waals surface area contributed by atoms with Crippen molar-refractivity contribution in [3.05, 3.63) is 28.8 Å². The Morgan fingerprint density at radius 3 is 2.38 bits per heavy atom. The van der Waals surface area contributed by atoms with E-state index in [1.165, 1.54) is 19.0 Å². The number of carbonyl (C=O) groups is 4. The number of likely N-dealkylation sites (N-methyl/N-ethyl adjacent to an activating group) is 1. The number of aromatic hydroxyl groups is 1. The van der Waals surface area contributed by atoms with E-state index in [1.807, 2.05) is 0 Å². The number of ketones is 3. The van der Waals surface area contributed by atoms with Crippen molar-refractivity contribution < 1.29 is 34.5 Å². The van der Waals surface area contributed by atoms with Crippen molar-refractivity contribution in [1.29, 1.82) is 5.41 Å². The smallest absolute Gasteiger partial charge is 0.233 e. The molecular formula is C24H29N3O7. The number of aliphatic hydroxyl groups excluding tert-OH is 1. The number of Topliss-reactive ketones (excluding diaryl/α,β-unsaturated/α-hetero) is 3. The Morgan fingerprint density at radius 1 is 1.24 bits per heavy atom. The number of fused-ring (bicyclic) bond motifs is 3. The summed E-state index contributed by atoms with van der Waals surface area (Å²) in [6.07, 6.45) is -1.10. The lowest BCUT2D eigenvalue weighted by Gasteiger charge is -2.57. The van der Waals surface area contributed by atoms with Gasteiger partial charge in [0.05, 0.1) is 29.3 Å². The standard InChI is InChI=1S/C24H29N3O7/c1-5-9-6-7-10-8(2)11-13(18(29)12(10)17(9)28)22(32)24(34)15(19(11)30)16(27(3)4)20(31)14(21(24)25)23(26)33/h6-8,11,13-16,19,25,28,30,34H,5H2,1-4H3,(H2,26,33). The Morgan fingerprint density at radius 2 is 1.85 bits per heavy atom. The molecule has 0 heterocycles. The van der Waals surface area contributed by atoms with Crippen molar-refractivity contribution in [2.24, 2.45) is 29.4 Å². The highest BCUT2D eigenvalue weighted by molar-refractivity contribution is 6.33. The second-order valence-corrected chi connectivity index (χ2v) is 9.81. The van der Waals surface area contributed by atoms with E-state index in [9.17, 15) is 34.5 Å². The van der Waals surface area contributed by atoms with Crippen molar-refractivity contribution in [2.75, 3.05) is 14.1 Å². The average Bonchev–Trinajstić information content (AvgIpc) is 2.75. The number of hydrogen-bond acceptors (Lipinski definition) is 9. The number of benzene rings is 1. The Bertz CT molecular complexity index is 1150. The van der Waals surface area contributed by atoms with Gasteiger partial charge in [0.15, 0.2) is 23.0 Å². The summed E-state index contributed by atoms with van der Waals surface area (Å²) in [5.41, 5.74) is 2.62. The molecule has 0 bridgehead atoms. The topological polar surface area (TPSA) is 182 Å². The number of nitrogens with zero attached hydrogens (tertiary/aromatic N) is 1. The van der Waals surface area contributed by atoms with Crippen molar-refractivity contribution in [3.8, 4) is 5.75 Å². The molecule has 1 aromatic rings. The molecule has 0 radical (unpaired) electrons. The normalized spacial score (nSPS) is 37.3. The van der Waals surface area contributed by atoms with E-state index in [0.717, 1.165) is 0 Å². The van der Waals surface area contributed by atoms with Crippen LogP contribution in [-0.2, 0) is 20.8 Å². The molecule has 3 aliphatic rings. The number of amides is 1. The molecule has 2 fully saturated rings. The van der Waals surface area contributed by atoms with Crippen molar-refractivity contribution in [3.63, 3.8) is 0 Å². The Kier molecular flexibility index (Phi) is 5.54. The molecule has 3 aliphatic carbocycles. The summed E-state index contributed by atoms with van der Waals surface area (Å²) in [5, 5.41) is 42.4. The van der Waals surface area contributed by atoms with Gasteiger partial charge in [-0.05, 0) is 37.6 Å². The average molecular weight is 472 g/mol. The van der Waals surface area contributed by atoms with Gasteiger partial charge in [-0.25, -0.2) is 0 Å². The van der Waals surface area contributed by atoms with Gasteiger partial charge in [0.25, 0.3) is 0 Å². The number of rotatable bonds is 3. The summed E-state index contributed by atoms with van der Waals surface area (Å²) in [6.45, 7) is 3.51. The van der Waals surface area contributed by atoms with Gasteiger partial charge in [-0.3, -0.25) is 24.1 Å². The lowest BCUT2D eigenvalue weighted by Crippen LogP contribution is -2.77. The number of phenolic OH excluding ortho intramolecular Hbond substituents is 1. The maximum absolute atomic E-state index is 13.9. The molecule has 10 heteroatoms. The van der Waals surface area contributed by atoms with Crippen LogP contribution in [0.4, 0.5) is 0 Å². The van der Waals surface area contributed by atoms with E-state index in [2.05, 4.69) is 0 Å². The molecule has 8 unspecified atom stereocenters. The molecule has 6 N–H and O–H groups in total. The highest BCUT2D eigenvalue weighted by Gasteiger charge is 2.71. The highest BCUT2D eigenvalue weighted by Crippen LogP contribution is 2.54. The minimum atomic E-state index is -2.76. The van der Waals surface area contributed by atoms with Crippen LogP contribution in [0.5, 0.6) is 5.75 Å². The first-order valence-electron chi connectivity index (χ1n) is 11.2. The number of aryl methyl sites for hydroxylation is 1. The molecule has 1 amide bonds. The molecule has 0 aliphatic heterocycles. The van der Waals surface area contributed by atoms with E-state index < -0.39 is 76.3 Å². The molecular weight excluding hydrogens is 442 g/mol. The van der Waals surface area contributed by atoms with E-state index in [1.54, 1.807) is 26.0 Å². The molecule has 10 nitrogen and oxygen atoms in total. The molecule has 34 heavy (non-hydrogen) atoms. The molecule has 4 rings (SSSR count). The fourth-order valence-electron chi connectivity index (χ4n) is 6.37. The maximum Gasteiger partial charge on any atom is 0.233 e. The van der Waals surface area contributed by atoms with Crippen LogP contribution in [0, 0.1) is 29.1 Å². The van der Waals surface area contributed by atoms with Crippen molar-refractivity contribution in [2.45, 2.75) is 43.9 Å². The van der Waals surface area contributed by atoms with Crippen LogP contribution in [0.1, 0.15) is 41.3 Å². The van der Waals surface area contributed by atoms with Crippen molar-refractivity contribution in [1.82, 2.24) is 4.90 Å². The van der Waals surface area contributed by atoms with Gasteiger partial charge in [0.1, 0.15) is 11.7 Å². The van der Waals surface area contributed by atoms with Crippen LogP contribution in [0.15, 0.2) is 12.1 Å². The lowest BCUT2D eigenvalue weighted by molar-refractivity contribution is -0.175. The van der Waals surface area contributed by atoms with E-state index in [-0.39, 0.29) is 11.3 Å². The number of nitrogens with one attached hydrogen (secondary N) is 1. The molecule has 0 saturated heterocycles. The third-order valence-electron chi connectivity index (χ3n) is 8.02. The minimum Gasteiger partial charge on any atom is -0.507 e. The zero-order valence-electron chi connectivity index (χ0n) is 19.4. The third kappa shape index (κ3) is 2.82. The van der Waals surface area contributed by atoms with E-state index in [4.69, 9.17) is 11.1 Å². The molecule has 0 spiro atoms. The van der Waals surface area contributed by atoms with E-state index in [0.29, 0.717) is 17.5 Å². The van der Waals surface area contributed by atoms with Gasteiger partial charge >= 0.3 is 0 Å². The second-order valence-electron chi connectivity index (χ2n) is 9.81. The number of carbonyl (C=O) groups excluding carboxylic acids is 4. The van der Waals surface area contributed by atoms with Crippen LogP contribution in [-0.4, -0.2) is 81.0 Å². The number of primary amides is 1. The maximum atomic E-state index is 13.9. The fourth-order valence-corrected chi connectivity index (χ4v) is 6.37. The zero-order chi connectivity index (χ0) is 25.4. The first kappa shape index (κ1) is 24.2.